The van der Waals surface area contributed by atoms with Crippen LogP contribution in [0.25, 0.3) is 22.2 Å². The van der Waals surface area contributed by atoms with Gasteiger partial charge in [-0.2, -0.15) is 5.10 Å². The molecule has 1 N–H and O–H groups in total. The van der Waals surface area contributed by atoms with Gasteiger partial charge in [0.15, 0.2) is 5.52 Å². The van der Waals surface area contributed by atoms with Crippen molar-refractivity contribution >= 4 is 33.5 Å². The summed E-state index contributed by atoms with van der Waals surface area (Å²) in [6.07, 6.45) is 2.55. The molecule has 0 saturated carbocycles. The Labute approximate surface area is 171 Å². The smallest absolute Gasteiger partial charge is 0.276 e. The number of aromatic amines is 1. The standard InChI is InChI=1S/C19H24IN5O2/c1-5-16-14-10-15(13-9-12(20)11-21-19(13)27-6-2)22-18(26)17(14)23-25(16)8-7-24(3)4/h9-11H,5-8H2,1-4H3,(H,22,26). The molecule has 3 heterocycles. The summed E-state index contributed by atoms with van der Waals surface area (Å²) in [4.78, 5) is 22.2. The van der Waals surface area contributed by atoms with Gasteiger partial charge in [0.1, 0.15) is 0 Å². The second-order valence-corrected chi connectivity index (χ2v) is 7.79. The van der Waals surface area contributed by atoms with Crippen LogP contribution in [0.4, 0.5) is 0 Å². The number of ether oxygens (including phenoxy) is 1. The summed E-state index contributed by atoms with van der Waals surface area (Å²) < 4.78 is 8.58. The first-order chi connectivity index (χ1) is 12.9. The zero-order valence-electron chi connectivity index (χ0n) is 16.0. The number of aryl methyl sites for hydroxylation is 1. The highest BCUT2D eigenvalue weighted by molar-refractivity contribution is 14.1. The second-order valence-electron chi connectivity index (χ2n) is 6.54. The number of likely N-dealkylation sites (N-methyl/N-ethyl adjacent to an activating group) is 1. The van der Waals surface area contributed by atoms with Gasteiger partial charge >= 0.3 is 0 Å². The normalized spacial score (nSPS) is 11.5. The summed E-state index contributed by atoms with van der Waals surface area (Å²) >= 11 is 2.21. The summed E-state index contributed by atoms with van der Waals surface area (Å²) in [5.41, 5.74) is 2.83. The number of nitrogens with one attached hydrogen (secondary N) is 1. The number of halogens is 1. The third-order valence-corrected chi connectivity index (χ3v) is 4.92. The van der Waals surface area contributed by atoms with Gasteiger partial charge in [0.25, 0.3) is 5.56 Å². The van der Waals surface area contributed by atoms with Gasteiger partial charge < -0.3 is 14.6 Å². The predicted molar refractivity (Wildman–Crippen MR) is 115 cm³/mol. The van der Waals surface area contributed by atoms with E-state index in [1.807, 2.05) is 37.8 Å². The van der Waals surface area contributed by atoms with E-state index >= 15 is 0 Å². The van der Waals surface area contributed by atoms with Crippen molar-refractivity contribution in [1.29, 1.82) is 0 Å². The first kappa shape index (κ1) is 19.8. The van der Waals surface area contributed by atoms with Crippen LogP contribution in [-0.2, 0) is 13.0 Å². The monoisotopic (exact) mass is 481 g/mol. The molecule has 27 heavy (non-hydrogen) atoms. The van der Waals surface area contributed by atoms with Crippen molar-refractivity contribution in [2.45, 2.75) is 26.8 Å². The zero-order chi connectivity index (χ0) is 19.6. The van der Waals surface area contributed by atoms with E-state index in [1.54, 1.807) is 6.20 Å². The topological polar surface area (TPSA) is 76.0 Å². The molecule has 0 unspecified atom stereocenters. The van der Waals surface area contributed by atoms with Crippen molar-refractivity contribution < 1.29 is 4.74 Å². The minimum absolute atomic E-state index is 0.192. The highest BCUT2D eigenvalue weighted by atomic mass is 127. The highest BCUT2D eigenvalue weighted by Crippen LogP contribution is 2.30. The molecule has 0 saturated heterocycles. The van der Waals surface area contributed by atoms with Crippen molar-refractivity contribution in [1.82, 2.24) is 24.6 Å². The molecule has 0 radical (unpaired) electrons. The van der Waals surface area contributed by atoms with E-state index in [1.165, 1.54) is 0 Å². The third-order valence-electron chi connectivity index (χ3n) is 4.33. The van der Waals surface area contributed by atoms with Gasteiger partial charge in [-0.15, -0.1) is 0 Å². The Morgan fingerprint density at radius 1 is 1.30 bits per heavy atom. The second kappa shape index (κ2) is 8.39. The average Bonchev–Trinajstić information content (AvgIpc) is 2.99. The van der Waals surface area contributed by atoms with Crippen molar-refractivity contribution in [3.05, 3.63) is 37.9 Å². The Bertz CT molecular complexity index is 1010. The molecule has 7 nitrogen and oxygen atoms in total. The lowest BCUT2D eigenvalue weighted by Crippen LogP contribution is -2.20. The maximum atomic E-state index is 12.7. The molecular formula is C19H24IN5O2. The highest BCUT2D eigenvalue weighted by Gasteiger charge is 2.17. The molecule has 144 valence electrons. The molecule has 3 rings (SSSR count). The van der Waals surface area contributed by atoms with Gasteiger partial charge in [-0.25, -0.2) is 4.98 Å². The average molecular weight is 481 g/mol. The largest absolute Gasteiger partial charge is 0.477 e. The van der Waals surface area contributed by atoms with Crippen molar-refractivity contribution in [2.24, 2.45) is 0 Å². The van der Waals surface area contributed by atoms with E-state index in [0.717, 1.165) is 39.7 Å². The van der Waals surface area contributed by atoms with Crippen LogP contribution in [0.1, 0.15) is 19.5 Å². The van der Waals surface area contributed by atoms with Crippen LogP contribution in [0, 0.1) is 3.57 Å². The number of fused-ring (bicyclic) bond motifs is 1. The van der Waals surface area contributed by atoms with Gasteiger partial charge in [-0.3, -0.25) is 9.48 Å². The Morgan fingerprint density at radius 3 is 2.74 bits per heavy atom. The molecule has 0 spiro atoms. The van der Waals surface area contributed by atoms with E-state index in [2.05, 4.69) is 49.5 Å². The number of hydrogen-bond acceptors (Lipinski definition) is 5. The first-order valence-electron chi connectivity index (χ1n) is 9.00. The van der Waals surface area contributed by atoms with Gasteiger partial charge in [0.05, 0.1) is 24.4 Å². The fourth-order valence-corrected chi connectivity index (χ4v) is 3.51. The Kier molecular flexibility index (Phi) is 6.15. The molecule has 0 fully saturated rings. The van der Waals surface area contributed by atoms with Crippen LogP contribution in [-0.4, -0.2) is 51.9 Å². The molecule has 8 heteroatoms. The maximum absolute atomic E-state index is 12.7. The lowest BCUT2D eigenvalue weighted by atomic mass is 10.1. The number of aromatic nitrogens is 4. The zero-order valence-corrected chi connectivity index (χ0v) is 18.2. The number of nitrogens with zero attached hydrogens (tertiary/aromatic N) is 4. The van der Waals surface area contributed by atoms with Crippen LogP contribution >= 0.6 is 22.6 Å². The number of H-pyrrole nitrogens is 1. The van der Waals surface area contributed by atoms with E-state index in [4.69, 9.17) is 4.74 Å². The van der Waals surface area contributed by atoms with Crippen molar-refractivity contribution in [3.63, 3.8) is 0 Å². The Hall–Kier alpha value is -1.94. The van der Waals surface area contributed by atoms with Crippen molar-refractivity contribution in [2.75, 3.05) is 27.2 Å². The van der Waals surface area contributed by atoms with Crippen LogP contribution < -0.4 is 10.3 Å². The van der Waals surface area contributed by atoms with E-state index in [9.17, 15) is 4.79 Å². The van der Waals surface area contributed by atoms with E-state index in [0.29, 0.717) is 23.7 Å². The molecule has 0 aromatic carbocycles. The summed E-state index contributed by atoms with van der Waals surface area (Å²) in [6.45, 7) is 6.12. The molecule has 0 aliphatic heterocycles. The SMILES string of the molecule is CCOc1ncc(I)cc1-c1cc2c(CC)n(CCN(C)C)nc2c(=O)[nH]1. The summed E-state index contributed by atoms with van der Waals surface area (Å²) in [7, 11) is 4.05. The molecular weight excluding hydrogens is 457 g/mol. The number of hydrogen-bond donors (Lipinski definition) is 1. The lowest BCUT2D eigenvalue weighted by Gasteiger charge is -2.11. The Morgan fingerprint density at radius 2 is 2.07 bits per heavy atom. The minimum atomic E-state index is -0.192. The van der Waals surface area contributed by atoms with Crippen molar-refractivity contribution in [3.8, 4) is 17.1 Å². The van der Waals surface area contributed by atoms with Crippen LogP contribution in [0.3, 0.4) is 0 Å². The summed E-state index contributed by atoms with van der Waals surface area (Å²) in [5.74, 6) is 0.519. The molecule has 0 atom stereocenters. The molecule has 0 aliphatic rings. The summed E-state index contributed by atoms with van der Waals surface area (Å²) in [5, 5.41) is 5.45. The van der Waals surface area contributed by atoms with Crippen LogP contribution in [0.2, 0.25) is 0 Å². The molecule has 3 aromatic heterocycles. The van der Waals surface area contributed by atoms with E-state index < -0.39 is 0 Å². The fourth-order valence-electron chi connectivity index (χ4n) is 3.06. The number of pyridine rings is 2. The van der Waals surface area contributed by atoms with Crippen LogP contribution in [0.5, 0.6) is 5.88 Å². The molecule has 0 amide bonds. The number of rotatable bonds is 7. The van der Waals surface area contributed by atoms with Gasteiger partial charge in [0, 0.05) is 27.4 Å². The molecule has 3 aromatic rings. The quantitative estimate of drug-likeness (QED) is 0.526. The first-order valence-corrected chi connectivity index (χ1v) is 10.1. The Balaban J connectivity index is 2.17. The van der Waals surface area contributed by atoms with E-state index in [-0.39, 0.29) is 5.56 Å². The lowest BCUT2D eigenvalue weighted by molar-refractivity contribution is 0.328. The van der Waals surface area contributed by atoms with Gasteiger partial charge in [-0.05, 0) is 62.2 Å². The molecule has 0 bridgehead atoms. The predicted octanol–water partition coefficient (Wildman–Crippen LogP) is 2.91. The molecule has 0 aliphatic carbocycles. The minimum Gasteiger partial charge on any atom is -0.477 e. The van der Waals surface area contributed by atoms with Gasteiger partial charge in [-0.1, -0.05) is 6.92 Å². The third kappa shape index (κ3) is 4.16. The summed E-state index contributed by atoms with van der Waals surface area (Å²) in [6, 6.07) is 3.96. The van der Waals surface area contributed by atoms with Crippen LogP contribution in [0.15, 0.2) is 23.1 Å². The van der Waals surface area contributed by atoms with Gasteiger partial charge in [0.2, 0.25) is 5.88 Å². The fraction of sp³-hybridized carbons (Fsp3) is 0.421. The maximum Gasteiger partial charge on any atom is 0.276 e.